The maximum Gasteiger partial charge on any atom is 0.140 e. The van der Waals surface area contributed by atoms with Gasteiger partial charge in [-0.3, -0.25) is 0 Å². The number of hydrogen-bond donors (Lipinski definition) is 3. The van der Waals surface area contributed by atoms with E-state index in [9.17, 15) is 0 Å². The zero-order valence-corrected chi connectivity index (χ0v) is 11.4. The first-order valence-electron chi connectivity index (χ1n) is 6.21. The fourth-order valence-corrected chi connectivity index (χ4v) is 1.85. The van der Waals surface area contributed by atoms with E-state index < -0.39 is 0 Å². The van der Waals surface area contributed by atoms with Gasteiger partial charge in [-0.25, -0.2) is 0 Å². The van der Waals surface area contributed by atoms with Crippen LogP contribution in [0.3, 0.4) is 0 Å². The second-order valence-electron chi connectivity index (χ2n) is 5.33. The average molecular weight is 249 g/mol. The third-order valence-corrected chi connectivity index (χ3v) is 3.09. The Morgan fingerprint density at radius 2 is 2.00 bits per heavy atom. The van der Waals surface area contributed by atoms with E-state index in [0.29, 0.717) is 6.42 Å². The highest BCUT2D eigenvalue weighted by atomic mass is 16.4. The summed E-state index contributed by atoms with van der Waals surface area (Å²) in [6.45, 7) is 7.27. The molecule has 0 radical (unpaired) electrons. The van der Waals surface area contributed by atoms with Gasteiger partial charge in [-0.2, -0.15) is 0 Å². The number of rotatable bonds is 6. The molecule has 0 saturated heterocycles. The summed E-state index contributed by atoms with van der Waals surface area (Å²) in [4.78, 5) is 0. The summed E-state index contributed by atoms with van der Waals surface area (Å²) in [7, 11) is 0. The lowest BCUT2D eigenvalue weighted by molar-refractivity contribution is 0.315. The van der Waals surface area contributed by atoms with Gasteiger partial charge in [0.2, 0.25) is 0 Å². The van der Waals surface area contributed by atoms with E-state index >= 15 is 0 Å². The van der Waals surface area contributed by atoms with Gasteiger partial charge in [-0.15, -0.1) is 0 Å². The van der Waals surface area contributed by atoms with E-state index in [1.165, 1.54) is 5.56 Å². The van der Waals surface area contributed by atoms with E-state index in [4.69, 9.17) is 10.9 Å². The molecule has 0 aromatic heterocycles. The van der Waals surface area contributed by atoms with Crippen LogP contribution in [0.2, 0.25) is 0 Å². The SMILES string of the molecule is CC(CC(N)=NO)NCC(C)(C)c1ccccc1. The highest BCUT2D eigenvalue weighted by molar-refractivity contribution is 5.80. The first kappa shape index (κ1) is 14.5. The van der Waals surface area contributed by atoms with E-state index in [1.807, 2.05) is 13.0 Å². The van der Waals surface area contributed by atoms with Crippen molar-refractivity contribution in [1.82, 2.24) is 5.32 Å². The van der Waals surface area contributed by atoms with Crippen molar-refractivity contribution in [1.29, 1.82) is 0 Å². The normalized spacial score (nSPS) is 14.5. The quantitative estimate of drug-likeness (QED) is 0.313. The molecule has 18 heavy (non-hydrogen) atoms. The van der Waals surface area contributed by atoms with Crippen LogP contribution in [-0.2, 0) is 5.41 Å². The molecule has 0 heterocycles. The molecule has 0 aliphatic carbocycles. The Morgan fingerprint density at radius 1 is 1.39 bits per heavy atom. The van der Waals surface area contributed by atoms with Gasteiger partial charge in [0.05, 0.1) is 0 Å². The Kier molecular flexibility index (Phi) is 5.16. The monoisotopic (exact) mass is 249 g/mol. The summed E-state index contributed by atoms with van der Waals surface area (Å²) in [5.74, 6) is 0.257. The molecule has 4 N–H and O–H groups in total. The molecule has 1 unspecified atom stereocenters. The molecule has 1 rings (SSSR count). The molecule has 0 amide bonds. The van der Waals surface area contributed by atoms with Gasteiger partial charge >= 0.3 is 0 Å². The van der Waals surface area contributed by atoms with Crippen LogP contribution in [0, 0.1) is 0 Å². The summed E-state index contributed by atoms with van der Waals surface area (Å²) in [5.41, 5.74) is 6.84. The minimum atomic E-state index is 0.0562. The number of oxime groups is 1. The third kappa shape index (κ3) is 4.37. The summed E-state index contributed by atoms with van der Waals surface area (Å²) in [6.07, 6.45) is 0.543. The van der Waals surface area contributed by atoms with E-state index in [2.05, 4.69) is 48.6 Å². The molecular weight excluding hydrogens is 226 g/mol. The summed E-state index contributed by atoms with van der Waals surface area (Å²) in [6, 6.07) is 10.6. The fourth-order valence-electron chi connectivity index (χ4n) is 1.85. The van der Waals surface area contributed by atoms with Crippen LogP contribution in [0.1, 0.15) is 32.8 Å². The van der Waals surface area contributed by atoms with Crippen LogP contribution < -0.4 is 11.1 Å². The van der Waals surface area contributed by atoms with Crippen molar-refractivity contribution in [3.05, 3.63) is 35.9 Å². The van der Waals surface area contributed by atoms with Gasteiger partial charge in [-0.05, 0) is 12.5 Å². The maximum absolute atomic E-state index is 8.52. The molecule has 0 saturated carbocycles. The van der Waals surface area contributed by atoms with Crippen LogP contribution in [-0.4, -0.2) is 23.6 Å². The average Bonchev–Trinajstić information content (AvgIpc) is 2.37. The van der Waals surface area contributed by atoms with Crippen molar-refractivity contribution in [2.75, 3.05) is 6.54 Å². The smallest absolute Gasteiger partial charge is 0.140 e. The van der Waals surface area contributed by atoms with Crippen molar-refractivity contribution in [2.45, 2.75) is 38.6 Å². The fraction of sp³-hybridized carbons (Fsp3) is 0.500. The molecule has 1 aromatic rings. The molecule has 1 atom stereocenters. The Hall–Kier alpha value is -1.55. The molecule has 0 fully saturated rings. The standard InChI is InChI=1S/C14H23N3O/c1-11(9-13(15)17-18)16-10-14(2,3)12-7-5-4-6-8-12/h4-8,11,16,18H,9-10H2,1-3H3,(H2,15,17). The number of nitrogens with two attached hydrogens (primary N) is 1. The van der Waals surface area contributed by atoms with Crippen LogP contribution in [0.25, 0.3) is 0 Å². The molecule has 4 heteroatoms. The zero-order valence-electron chi connectivity index (χ0n) is 11.4. The molecule has 4 nitrogen and oxygen atoms in total. The lowest BCUT2D eigenvalue weighted by Crippen LogP contribution is -2.39. The molecule has 0 aliphatic rings. The first-order chi connectivity index (χ1) is 8.45. The van der Waals surface area contributed by atoms with Crippen molar-refractivity contribution < 1.29 is 5.21 Å². The van der Waals surface area contributed by atoms with Crippen molar-refractivity contribution >= 4 is 5.84 Å². The van der Waals surface area contributed by atoms with Gasteiger partial charge in [0, 0.05) is 24.4 Å². The number of nitrogens with zero attached hydrogens (tertiary/aromatic N) is 1. The van der Waals surface area contributed by atoms with Gasteiger partial charge in [0.15, 0.2) is 0 Å². The Labute approximate surface area is 109 Å². The number of amidine groups is 1. The maximum atomic E-state index is 8.52. The minimum absolute atomic E-state index is 0.0562. The molecule has 100 valence electrons. The third-order valence-electron chi connectivity index (χ3n) is 3.09. The van der Waals surface area contributed by atoms with Crippen LogP contribution >= 0.6 is 0 Å². The van der Waals surface area contributed by atoms with E-state index in [1.54, 1.807) is 0 Å². The zero-order chi connectivity index (χ0) is 13.6. The van der Waals surface area contributed by atoms with Gasteiger partial charge < -0.3 is 16.3 Å². The molecular formula is C14H23N3O. The van der Waals surface area contributed by atoms with Crippen LogP contribution in [0.15, 0.2) is 35.5 Å². The van der Waals surface area contributed by atoms with Crippen LogP contribution in [0.5, 0.6) is 0 Å². The van der Waals surface area contributed by atoms with Gasteiger partial charge in [0.25, 0.3) is 0 Å². The minimum Gasteiger partial charge on any atom is -0.409 e. The number of benzene rings is 1. The first-order valence-corrected chi connectivity index (χ1v) is 6.21. The predicted molar refractivity (Wildman–Crippen MR) is 75.0 cm³/mol. The predicted octanol–water partition coefficient (Wildman–Crippen LogP) is 2.08. The molecule has 0 spiro atoms. The molecule has 1 aromatic carbocycles. The highest BCUT2D eigenvalue weighted by Crippen LogP contribution is 2.21. The van der Waals surface area contributed by atoms with E-state index in [-0.39, 0.29) is 17.3 Å². The Bertz CT molecular complexity index is 387. The summed E-state index contributed by atoms with van der Waals surface area (Å²) >= 11 is 0. The van der Waals surface area contributed by atoms with Crippen molar-refractivity contribution in [3.63, 3.8) is 0 Å². The number of nitrogens with one attached hydrogen (secondary N) is 1. The second kappa shape index (κ2) is 6.40. The summed E-state index contributed by atoms with van der Waals surface area (Å²) in [5, 5.41) is 14.9. The van der Waals surface area contributed by atoms with Crippen LogP contribution in [0.4, 0.5) is 0 Å². The largest absolute Gasteiger partial charge is 0.409 e. The Balaban J connectivity index is 2.52. The van der Waals surface area contributed by atoms with Gasteiger partial charge in [0.1, 0.15) is 5.84 Å². The highest BCUT2D eigenvalue weighted by Gasteiger charge is 2.20. The van der Waals surface area contributed by atoms with Crippen molar-refractivity contribution in [2.24, 2.45) is 10.9 Å². The van der Waals surface area contributed by atoms with Gasteiger partial charge in [-0.1, -0.05) is 49.3 Å². The Morgan fingerprint density at radius 3 is 2.56 bits per heavy atom. The lowest BCUT2D eigenvalue weighted by Gasteiger charge is -2.27. The topological polar surface area (TPSA) is 70.6 Å². The lowest BCUT2D eigenvalue weighted by atomic mass is 9.84. The summed E-state index contributed by atoms with van der Waals surface area (Å²) < 4.78 is 0. The molecule has 0 aliphatic heterocycles. The van der Waals surface area contributed by atoms with Crippen molar-refractivity contribution in [3.8, 4) is 0 Å². The van der Waals surface area contributed by atoms with E-state index in [0.717, 1.165) is 6.54 Å². The number of hydrogen-bond acceptors (Lipinski definition) is 3. The molecule has 0 bridgehead atoms. The second-order valence-corrected chi connectivity index (χ2v) is 5.33.